The van der Waals surface area contributed by atoms with Crippen molar-refractivity contribution in [1.29, 1.82) is 0 Å². The largest absolute Gasteiger partial charge is 0.497 e. The highest BCUT2D eigenvalue weighted by molar-refractivity contribution is 6.06. The molecule has 3 nitrogen and oxygen atoms in total. The number of rotatable bonds is 2. The third kappa shape index (κ3) is 1.83. The second kappa shape index (κ2) is 4.52. The summed E-state index contributed by atoms with van der Waals surface area (Å²) in [6, 6.07) is 14.5. The van der Waals surface area contributed by atoms with Crippen molar-refractivity contribution >= 4 is 5.78 Å². The molecule has 0 radical (unpaired) electrons. The Kier molecular flexibility index (Phi) is 2.84. The maximum atomic E-state index is 12.4. The van der Waals surface area contributed by atoms with E-state index < -0.39 is 12.0 Å². The average molecular weight is 254 g/mol. The summed E-state index contributed by atoms with van der Waals surface area (Å²) in [7, 11) is 1.58. The minimum atomic E-state index is -0.782. The fraction of sp³-hybridized carbons (Fsp3) is 0.188. The summed E-state index contributed by atoms with van der Waals surface area (Å²) in [5, 5.41) is 10.4. The molecule has 2 atom stereocenters. The number of methoxy groups -OCH3 is 1. The lowest BCUT2D eigenvalue weighted by Gasteiger charge is -2.14. The van der Waals surface area contributed by atoms with Gasteiger partial charge in [-0.3, -0.25) is 4.79 Å². The molecule has 0 unspecified atom stereocenters. The molecule has 0 saturated carbocycles. The van der Waals surface area contributed by atoms with Crippen LogP contribution < -0.4 is 4.74 Å². The van der Waals surface area contributed by atoms with E-state index in [1.807, 2.05) is 30.3 Å². The number of Topliss-reactive ketones (excluding diaryl/α,β-unsaturated/α-hetero) is 1. The fourth-order valence-electron chi connectivity index (χ4n) is 2.64. The zero-order chi connectivity index (χ0) is 13.4. The molecule has 1 N–H and O–H groups in total. The number of benzene rings is 2. The maximum Gasteiger partial charge on any atom is 0.173 e. The second-order valence-corrected chi connectivity index (χ2v) is 4.65. The Bertz CT molecular complexity index is 633. The van der Waals surface area contributed by atoms with Gasteiger partial charge in [0.15, 0.2) is 5.78 Å². The summed E-state index contributed by atoms with van der Waals surface area (Å²) >= 11 is 0. The number of aliphatic hydroxyl groups excluding tert-OH is 1. The minimum Gasteiger partial charge on any atom is -0.497 e. The zero-order valence-electron chi connectivity index (χ0n) is 10.5. The summed E-state index contributed by atoms with van der Waals surface area (Å²) in [5.41, 5.74) is 2.11. The normalized spacial score (nSPS) is 21.3. The van der Waals surface area contributed by atoms with Crippen molar-refractivity contribution in [3.8, 4) is 5.75 Å². The monoisotopic (exact) mass is 254 g/mol. The molecule has 1 aliphatic rings. The molecule has 19 heavy (non-hydrogen) atoms. The van der Waals surface area contributed by atoms with Crippen LogP contribution in [0.2, 0.25) is 0 Å². The van der Waals surface area contributed by atoms with Crippen LogP contribution in [0.5, 0.6) is 5.75 Å². The van der Waals surface area contributed by atoms with Gasteiger partial charge in [-0.15, -0.1) is 0 Å². The van der Waals surface area contributed by atoms with Crippen LogP contribution in [0.3, 0.4) is 0 Å². The zero-order valence-corrected chi connectivity index (χ0v) is 10.5. The summed E-state index contributed by atoms with van der Waals surface area (Å²) in [6.45, 7) is 0. The van der Waals surface area contributed by atoms with E-state index in [4.69, 9.17) is 4.74 Å². The molecule has 0 aromatic heterocycles. The molecular weight excluding hydrogens is 240 g/mol. The predicted molar refractivity (Wildman–Crippen MR) is 71.5 cm³/mol. The van der Waals surface area contributed by atoms with E-state index in [0.717, 1.165) is 5.56 Å². The smallest absolute Gasteiger partial charge is 0.173 e. The molecule has 2 aromatic carbocycles. The number of ether oxygens (including phenoxy) is 1. The standard InChI is InChI=1S/C16H14O3/c1-19-11-6-4-5-10(9-11)14-15(17)12-7-2-3-8-13(12)16(14)18/h2-9,14-15,17H,1H3/t14-,15+/m1/s1. The van der Waals surface area contributed by atoms with Crippen molar-refractivity contribution in [3.63, 3.8) is 0 Å². The summed E-state index contributed by atoms with van der Waals surface area (Å²) in [5.74, 6) is 0.123. The lowest BCUT2D eigenvalue weighted by Crippen LogP contribution is -2.11. The van der Waals surface area contributed by atoms with E-state index in [1.165, 1.54) is 0 Å². The van der Waals surface area contributed by atoms with Gasteiger partial charge in [-0.05, 0) is 23.3 Å². The highest BCUT2D eigenvalue weighted by atomic mass is 16.5. The lowest BCUT2D eigenvalue weighted by molar-refractivity contribution is 0.0872. The van der Waals surface area contributed by atoms with Gasteiger partial charge in [0.2, 0.25) is 0 Å². The van der Waals surface area contributed by atoms with Crippen molar-refractivity contribution < 1.29 is 14.6 Å². The van der Waals surface area contributed by atoms with Crippen LogP contribution in [-0.2, 0) is 0 Å². The number of carbonyl (C=O) groups excluding carboxylic acids is 1. The fourth-order valence-corrected chi connectivity index (χ4v) is 2.64. The molecule has 0 spiro atoms. The predicted octanol–water partition coefficient (Wildman–Crippen LogP) is 2.71. The number of hydrogen-bond acceptors (Lipinski definition) is 3. The molecule has 2 aromatic rings. The van der Waals surface area contributed by atoms with Crippen molar-refractivity contribution in [2.24, 2.45) is 0 Å². The van der Waals surface area contributed by atoms with E-state index in [-0.39, 0.29) is 5.78 Å². The Morgan fingerprint density at radius 2 is 1.89 bits per heavy atom. The van der Waals surface area contributed by atoms with Crippen LogP contribution in [0.15, 0.2) is 48.5 Å². The van der Waals surface area contributed by atoms with Gasteiger partial charge in [0, 0.05) is 5.56 Å². The SMILES string of the molecule is COc1cccc([C@H]2C(=O)c3ccccc3[C@@H]2O)c1. The first kappa shape index (κ1) is 11.9. The topological polar surface area (TPSA) is 46.5 Å². The van der Waals surface area contributed by atoms with Crippen LogP contribution in [0.4, 0.5) is 0 Å². The molecular formula is C16H14O3. The third-order valence-corrected chi connectivity index (χ3v) is 3.60. The van der Waals surface area contributed by atoms with Crippen LogP contribution in [0.25, 0.3) is 0 Å². The molecule has 0 saturated heterocycles. The first-order valence-electron chi connectivity index (χ1n) is 6.17. The van der Waals surface area contributed by atoms with Gasteiger partial charge in [-0.1, -0.05) is 36.4 Å². The molecule has 0 fully saturated rings. The van der Waals surface area contributed by atoms with Crippen molar-refractivity contribution in [3.05, 3.63) is 65.2 Å². The van der Waals surface area contributed by atoms with E-state index in [1.54, 1.807) is 25.3 Å². The number of aliphatic hydroxyl groups is 1. The molecule has 96 valence electrons. The molecule has 0 bridgehead atoms. The van der Waals surface area contributed by atoms with Crippen molar-refractivity contribution in [2.45, 2.75) is 12.0 Å². The molecule has 1 aliphatic carbocycles. The van der Waals surface area contributed by atoms with Crippen LogP contribution >= 0.6 is 0 Å². The Hall–Kier alpha value is -2.13. The van der Waals surface area contributed by atoms with Crippen LogP contribution in [0.1, 0.15) is 33.5 Å². The van der Waals surface area contributed by atoms with Crippen LogP contribution in [0, 0.1) is 0 Å². The number of ketones is 1. The van der Waals surface area contributed by atoms with E-state index in [2.05, 4.69) is 0 Å². The van der Waals surface area contributed by atoms with E-state index >= 15 is 0 Å². The minimum absolute atomic E-state index is 0.0312. The second-order valence-electron chi connectivity index (χ2n) is 4.65. The Labute approximate surface area is 111 Å². The Morgan fingerprint density at radius 1 is 1.11 bits per heavy atom. The Morgan fingerprint density at radius 3 is 2.63 bits per heavy atom. The van der Waals surface area contributed by atoms with Gasteiger partial charge in [0.25, 0.3) is 0 Å². The van der Waals surface area contributed by atoms with Crippen LogP contribution in [-0.4, -0.2) is 18.0 Å². The molecule has 0 amide bonds. The summed E-state index contributed by atoms with van der Waals surface area (Å²) in [4.78, 5) is 12.4. The molecule has 3 heteroatoms. The van der Waals surface area contributed by atoms with E-state index in [9.17, 15) is 9.90 Å². The highest BCUT2D eigenvalue weighted by Gasteiger charge is 2.39. The van der Waals surface area contributed by atoms with Crippen molar-refractivity contribution in [2.75, 3.05) is 7.11 Å². The molecule has 0 heterocycles. The van der Waals surface area contributed by atoms with Gasteiger partial charge in [-0.2, -0.15) is 0 Å². The van der Waals surface area contributed by atoms with Gasteiger partial charge in [-0.25, -0.2) is 0 Å². The van der Waals surface area contributed by atoms with Gasteiger partial charge in [0.1, 0.15) is 5.75 Å². The maximum absolute atomic E-state index is 12.4. The number of fused-ring (bicyclic) bond motifs is 1. The quantitative estimate of drug-likeness (QED) is 0.896. The number of carbonyl (C=O) groups is 1. The van der Waals surface area contributed by atoms with Gasteiger partial charge >= 0.3 is 0 Å². The lowest BCUT2D eigenvalue weighted by atomic mass is 9.93. The summed E-state index contributed by atoms with van der Waals surface area (Å²) < 4.78 is 5.17. The first-order chi connectivity index (χ1) is 9.22. The Balaban J connectivity index is 2.06. The van der Waals surface area contributed by atoms with Gasteiger partial charge in [0.05, 0.1) is 19.1 Å². The average Bonchev–Trinajstić information content (AvgIpc) is 2.72. The number of hydrogen-bond donors (Lipinski definition) is 1. The van der Waals surface area contributed by atoms with Crippen molar-refractivity contribution in [1.82, 2.24) is 0 Å². The molecule has 0 aliphatic heterocycles. The highest BCUT2D eigenvalue weighted by Crippen LogP contribution is 2.42. The molecule has 3 rings (SSSR count). The summed E-state index contributed by atoms with van der Waals surface area (Å²) in [6.07, 6.45) is -0.782. The van der Waals surface area contributed by atoms with Gasteiger partial charge < -0.3 is 9.84 Å². The first-order valence-corrected chi connectivity index (χ1v) is 6.17. The van der Waals surface area contributed by atoms with E-state index in [0.29, 0.717) is 16.9 Å². The third-order valence-electron chi connectivity index (χ3n) is 3.60.